The van der Waals surface area contributed by atoms with E-state index in [0.29, 0.717) is 5.56 Å². The first-order chi connectivity index (χ1) is 8.27. The van der Waals surface area contributed by atoms with Crippen LogP contribution < -0.4 is 4.72 Å². The summed E-state index contributed by atoms with van der Waals surface area (Å²) in [5.41, 5.74) is -0.0280. The zero-order valence-corrected chi connectivity index (χ0v) is 10.4. The number of amides is 1. The van der Waals surface area contributed by atoms with Crippen LogP contribution in [0.15, 0.2) is 23.1 Å². The molecule has 0 saturated carbocycles. The van der Waals surface area contributed by atoms with Crippen molar-refractivity contribution in [1.82, 2.24) is 4.72 Å². The van der Waals surface area contributed by atoms with Crippen LogP contribution in [0.2, 0.25) is 0 Å². The molecule has 1 aromatic carbocycles. The maximum atomic E-state index is 11.7. The Kier molecular flexibility index (Phi) is 3.86. The second-order valence-corrected chi connectivity index (χ2v) is 4.98. The van der Waals surface area contributed by atoms with Gasteiger partial charge in [0.25, 0.3) is 15.7 Å². The molecule has 0 aromatic heterocycles. The maximum absolute atomic E-state index is 11.7. The van der Waals surface area contributed by atoms with Crippen LogP contribution in [-0.4, -0.2) is 26.5 Å². The fourth-order valence-corrected chi connectivity index (χ4v) is 2.10. The van der Waals surface area contributed by atoms with E-state index in [4.69, 9.17) is 0 Å². The lowest BCUT2D eigenvalue weighted by Gasteiger charge is -2.06. The molecule has 0 fully saturated rings. The third kappa shape index (κ3) is 2.94. The molecule has 0 aliphatic heterocycles. The molecule has 1 N–H and O–H groups in total. The van der Waals surface area contributed by atoms with Crippen LogP contribution in [0, 0.1) is 17.0 Å². The van der Waals surface area contributed by atoms with Gasteiger partial charge in [0.2, 0.25) is 0 Å². The monoisotopic (exact) mass is 274 g/mol. The van der Waals surface area contributed by atoms with Crippen molar-refractivity contribution in [3.63, 3.8) is 0 Å². The second-order valence-electron chi connectivity index (χ2n) is 3.30. The summed E-state index contributed by atoms with van der Waals surface area (Å²) in [5.74, 6) is 0. The van der Waals surface area contributed by atoms with Crippen LogP contribution in [0.4, 0.5) is 10.5 Å². The zero-order valence-electron chi connectivity index (χ0n) is 9.54. The third-order valence-electron chi connectivity index (χ3n) is 2.09. The molecule has 8 nitrogen and oxygen atoms in total. The summed E-state index contributed by atoms with van der Waals surface area (Å²) in [6.07, 6.45) is -1.17. The van der Waals surface area contributed by atoms with E-state index in [-0.39, 0.29) is 10.6 Å². The van der Waals surface area contributed by atoms with Crippen LogP contribution in [0.1, 0.15) is 5.56 Å². The van der Waals surface area contributed by atoms with E-state index in [2.05, 4.69) is 4.74 Å². The Balaban J connectivity index is 3.22. The van der Waals surface area contributed by atoms with Gasteiger partial charge in [0.05, 0.1) is 16.9 Å². The second kappa shape index (κ2) is 5.00. The first-order valence-corrected chi connectivity index (χ1v) is 6.12. The number of hydrogen-bond acceptors (Lipinski definition) is 6. The Morgan fingerprint density at radius 1 is 1.44 bits per heavy atom. The highest BCUT2D eigenvalue weighted by atomic mass is 32.2. The first-order valence-electron chi connectivity index (χ1n) is 4.63. The van der Waals surface area contributed by atoms with Crippen molar-refractivity contribution in [3.8, 4) is 0 Å². The van der Waals surface area contributed by atoms with Gasteiger partial charge < -0.3 is 4.74 Å². The summed E-state index contributed by atoms with van der Waals surface area (Å²) >= 11 is 0. The summed E-state index contributed by atoms with van der Waals surface area (Å²) in [4.78, 5) is 20.4. The van der Waals surface area contributed by atoms with Crippen molar-refractivity contribution in [2.75, 3.05) is 7.11 Å². The Labute approximate surface area is 103 Å². The molecule has 0 unspecified atom stereocenters. The van der Waals surface area contributed by atoms with Gasteiger partial charge in [-0.15, -0.1) is 0 Å². The van der Waals surface area contributed by atoms with Crippen molar-refractivity contribution in [2.24, 2.45) is 0 Å². The predicted octanol–water partition coefficient (Wildman–Crippen LogP) is 0.948. The summed E-state index contributed by atoms with van der Waals surface area (Å²) in [6.45, 7) is 1.47. The molecular weight excluding hydrogens is 264 g/mol. The van der Waals surface area contributed by atoms with Gasteiger partial charge >= 0.3 is 6.09 Å². The van der Waals surface area contributed by atoms with E-state index >= 15 is 0 Å². The van der Waals surface area contributed by atoms with Crippen LogP contribution in [0.5, 0.6) is 0 Å². The van der Waals surface area contributed by atoms with Gasteiger partial charge in [0, 0.05) is 11.6 Å². The normalized spacial score (nSPS) is 10.8. The number of rotatable bonds is 3. The van der Waals surface area contributed by atoms with Crippen molar-refractivity contribution in [2.45, 2.75) is 11.8 Å². The van der Waals surface area contributed by atoms with E-state index in [0.717, 1.165) is 19.2 Å². The highest BCUT2D eigenvalue weighted by Gasteiger charge is 2.21. The number of benzene rings is 1. The predicted molar refractivity (Wildman–Crippen MR) is 60.6 cm³/mol. The highest BCUT2D eigenvalue weighted by Crippen LogP contribution is 2.21. The molecule has 0 saturated heterocycles. The molecule has 9 heteroatoms. The third-order valence-corrected chi connectivity index (χ3v) is 3.40. The molecule has 0 heterocycles. The number of nitro benzene ring substituents is 1. The lowest BCUT2D eigenvalue weighted by atomic mass is 10.2. The van der Waals surface area contributed by atoms with Gasteiger partial charge in [-0.25, -0.2) is 17.9 Å². The number of sulfonamides is 1. The Morgan fingerprint density at radius 2 is 2.06 bits per heavy atom. The zero-order chi connectivity index (χ0) is 13.9. The molecule has 0 spiro atoms. The summed E-state index contributed by atoms with van der Waals surface area (Å²) in [5, 5.41) is 10.7. The van der Waals surface area contributed by atoms with Crippen molar-refractivity contribution >= 4 is 21.8 Å². The minimum absolute atomic E-state index is 0.317. The minimum atomic E-state index is -4.17. The van der Waals surface area contributed by atoms with Crippen LogP contribution in [0.3, 0.4) is 0 Å². The average Bonchev–Trinajstić information content (AvgIpc) is 2.28. The number of methoxy groups -OCH3 is 1. The lowest BCUT2D eigenvalue weighted by molar-refractivity contribution is -0.385. The molecule has 0 bridgehead atoms. The Morgan fingerprint density at radius 3 is 2.56 bits per heavy atom. The lowest BCUT2D eigenvalue weighted by Crippen LogP contribution is -2.30. The molecule has 1 aromatic rings. The van der Waals surface area contributed by atoms with E-state index in [1.807, 2.05) is 0 Å². The standard InChI is InChI=1S/C9H10N2O6S/c1-6-3-4-7(5-8(6)11(13)14)18(15,16)10-9(12)17-2/h3-5H,1-2H3,(H,10,12). The van der Waals surface area contributed by atoms with E-state index in [1.54, 1.807) is 4.72 Å². The SMILES string of the molecule is COC(=O)NS(=O)(=O)c1ccc(C)c([N+](=O)[O-])c1. The number of carbonyl (C=O) groups excluding carboxylic acids is 1. The quantitative estimate of drug-likeness (QED) is 0.648. The molecule has 1 amide bonds. The largest absolute Gasteiger partial charge is 0.452 e. The van der Waals surface area contributed by atoms with Crippen LogP contribution >= 0.6 is 0 Å². The summed E-state index contributed by atoms with van der Waals surface area (Å²) < 4.78 is 29.0. The molecule has 0 radical (unpaired) electrons. The highest BCUT2D eigenvalue weighted by molar-refractivity contribution is 7.90. The number of hydrogen-bond donors (Lipinski definition) is 1. The first kappa shape index (κ1) is 13.9. The number of ether oxygens (including phenoxy) is 1. The van der Waals surface area contributed by atoms with Crippen LogP contribution in [-0.2, 0) is 14.8 Å². The molecule has 0 aliphatic rings. The topological polar surface area (TPSA) is 116 Å². The number of aryl methyl sites for hydroxylation is 1. The maximum Gasteiger partial charge on any atom is 0.420 e. The van der Waals surface area contributed by atoms with Crippen molar-refractivity contribution in [1.29, 1.82) is 0 Å². The van der Waals surface area contributed by atoms with Gasteiger partial charge in [-0.3, -0.25) is 10.1 Å². The van der Waals surface area contributed by atoms with E-state index < -0.39 is 21.0 Å². The number of nitrogens with zero attached hydrogens (tertiary/aromatic N) is 1. The van der Waals surface area contributed by atoms with Crippen molar-refractivity contribution < 1.29 is 22.9 Å². The Hall–Kier alpha value is -2.16. The molecule has 1 rings (SSSR count). The van der Waals surface area contributed by atoms with Gasteiger partial charge in [0.1, 0.15) is 0 Å². The minimum Gasteiger partial charge on any atom is -0.452 e. The summed E-state index contributed by atoms with van der Waals surface area (Å²) in [6, 6.07) is 3.32. The van der Waals surface area contributed by atoms with Gasteiger partial charge in [-0.2, -0.15) is 0 Å². The number of nitro groups is 1. The fourth-order valence-electron chi connectivity index (χ4n) is 1.16. The molecule has 18 heavy (non-hydrogen) atoms. The smallest absolute Gasteiger partial charge is 0.420 e. The van der Waals surface area contributed by atoms with Gasteiger partial charge in [-0.05, 0) is 13.0 Å². The number of nitrogens with one attached hydrogen (secondary N) is 1. The van der Waals surface area contributed by atoms with Crippen molar-refractivity contribution in [3.05, 3.63) is 33.9 Å². The molecule has 98 valence electrons. The molecule has 0 aliphatic carbocycles. The Bertz CT molecular complexity index is 595. The van der Waals surface area contributed by atoms with Crippen LogP contribution in [0.25, 0.3) is 0 Å². The van der Waals surface area contributed by atoms with E-state index in [1.165, 1.54) is 13.0 Å². The fraction of sp³-hybridized carbons (Fsp3) is 0.222. The molecule has 0 atom stereocenters. The average molecular weight is 274 g/mol. The van der Waals surface area contributed by atoms with E-state index in [9.17, 15) is 23.3 Å². The molecular formula is C9H10N2O6S. The van der Waals surface area contributed by atoms with Gasteiger partial charge in [0.15, 0.2) is 0 Å². The van der Waals surface area contributed by atoms with Gasteiger partial charge in [-0.1, -0.05) is 6.07 Å². The number of carbonyl (C=O) groups is 1. The summed E-state index contributed by atoms with van der Waals surface area (Å²) in [7, 11) is -3.17.